The van der Waals surface area contributed by atoms with E-state index in [0.717, 1.165) is 11.0 Å². The summed E-state index contributed by atoms with van der Waals surface area (Å²) in [4.78, 5) is 19.1. The molecule has 0 aliphatic heterocycles. The molecule has 3 aromatic rings. The first-order valence-electron chi connectivity index (χ1n) is 5.79. The van der Waals surface area contributed by atoms with Gasteiger partial charge in [-0.3, -0.25) is 0 Å². The van der Waals surface area contributed by atoms with Crippen LogP contribution in [0.3, 0.4) is 0 Å². The highest BCUT2D eigenvalue weighted by molar-refractivity contribution is 5.90. The number of imidazole rings is 1. The number of nitrogens with zero attached hydrogens (tertiary/aromatic N) is 3. The fourth-order valence-corrected chi connectivity index (χ4v) is 1.97. The third kappa shape index (κ3) is 1.77. The SMILES string of the molecule is COC(=O)c1cnn(-c2nc3ccccc3[nH]2)c1C. The molecule has 2 aromatic heterocycles. The minimum atomic E-state index is -0.403. The average molecular weight is 256 g/mol. The van der Waals surface area contributed by atoms with Crippen molar-refractivity contribution in [3.05, 3.63) is 41.7 Å². The average Bonchev–Trinajstić information content (AvgIpc) is 3.00. The Morgan fingerprint density at radius 2 is 2.16 bits per heavy atom. The Hall–Kier alpha value is -2.63. The summed E-state index contributed by atoms with van der Waals surface area (Å²) < 4.78 is 6.29. The topological polar surface area (TPSA) is 72.8 Å². The number of hydrogen-bond donors (Lipinski definition) is 1. The van der Waals surface area contributed by atoms with Gasteiger partial charge in [0.2, 0.25) is 5.95 Å². The number of aromatic amines is 1. The maximum Gasteiger partial charge on any atom is 0.341 e. The molecule has 1 aromatic carbocycles. The van der Waals surface area contributed by atoms with Crippen molar-refractivity contribution in [1.82, 2.24) is 19.7 Å². The van der Waals surface area contributed by atoms with E-state index in [1.165, 1.54) is 13.3 Å². The van der Waals surface area contributed by atoms with Crippen molar-refractivity contribution in [3.8, 4) is 5.95 Å². The van der Waals surface area contributed by atoms with Crippen molar-refractivity contribution in [3.63, 3.8) is 0 Å². The number of carbonyl (C=O) groups is 1. The van der Waals surface area contributed by atoms with Crippen molar-refractivity contribution in [1.29, 1.82) is 0 Å². The van der Waals surface area contributed by atoms with Crippen LogP contribution < -0.4 is 0 Å². The number of carbonyl (C=O) groups excluding carboxylic acids is 1. The third-order valence-electron chi connectivity index (χ3n) is 2.99. The molecular weight excluding hydrogens is 244 g/mol. The van der Waals surface area contributed by atoms with Crippen LogP contribution in [-0.2, 0) is 4.74 Å². The van der Waals surface area contributed by atoms with Gasteiger partial charge in [-0.2, -0.15) is 5.10 Å². The Morgan fingerprint density at radius 3 is 2.89 bits per heavy atom. The van der Waals surface area contributed by atoms with E-state index in [4.69, 9.17) is 4.74 Å². The summed E-state index contributed by atoms with van der Waals surface area (Å²) in [6.45, 7) is 1.80. The second-order valence-electron chi connectivity index (χ2n) is 4.12. The molecule has 6 heteroatoms. The summed E-state index contributed by atoms with van der Waals surface area (Å²) in [6, 6.07) is 7.70. The van der Waals surface area contributed by atoms with E-state index >= 15 is 0 Å². The lowest BCUT2D eigenvalue weighted by atomic mass is 10.3. The Morgan fingerprint density at radius 1 is 1.37 bits per heavy atom. The first-order valence-corrected chi connectivity index (χ1v) is 5.79. The molecule has 19 heavy (non-hydrogen) atoms. The van der Waals surface area contributed by atoms with Gasteiger partial charge in [0.25, 0.3) is 0 Å². The van der Waals surface area contributed by atoms with Crippen LogP contribution in [-0.4, -0.2) is 32.8 Å². The van der Waals surface area contributed by atoms with Gasteiger partial charge in [0.1, 0.15) is 5.56 Å². The van der Waals surface area contributed by atoms with Crippen LogP contribution in [0.4, 0.5) is 0 Å². The van der Waals surface area contributed by atoms with Gasteiger partial charge in [0.15, 0.2) is 0 Å². The molecule has 0 bridgehead atoms. The van der Waals surface area contributed by atoms with Crippen LogP contribution in [0.15, 0.2) is 30.5 Å². The summed E-state index contributed by atoms with van der Waals surface area (Å²) in [5, 5.41) is 4.17. The number of benzene rings is 1. The molecule has 0 amide bonds. The van der Waals surface area contributed by atoms with Gasteiger partial charge in [-0.1, -0.05) is 12.1 Å². The van der Waals surface area contributed by atoms with Crippen LogP contribution in [0.25, 0.3) is 17.0 Å². The van der Waals surface area contributed by atoms with Crippen LogP contribution in [0.1, 0.15) is 16.1 Å². The molecule has 0 saturated carbocycles. The minimum Gasteiger partial charge on any atom is -0.465 e. The minimum absolute atomic E-state index is 0.403. The zero-order valence-electron chi connectivity index (χ0n) is 10.5. The maximum atomic E-state index is 11.5. The van der Waals surface area contributed by atoms with Crippen molar-refractivity contribution >= 4 is 17.0 Å². The van der Waals surface area contributed by atoms with Gasteiger partial charge in [-0.25, -0.2) is 14.5 Å². The van der Waals surface area contributed by atoms with Gasteiger partial charge in [-0.05, 0) is 19.1 Å². The highest BCUT2D eigenvalue weighted by Crippen LogP contribution is 2.16. The molecule has 0 unspecified atom stereocenters. The van der Waals surface area contributed by atoms with Gasteiger partial charge in [0, 0.05) is 0 Å². The molecule has 96 valence electrons. The van der Waals surface area contributed by atoms with Crippen molar-refractivity contribution < 1.29 is 9.53 Å². The molecule has 6 nitrogen and oxygen atoms in total. The Kier molecular flexibility index (Phi) is 2.56. The van der Waals surface area contributed by atoms with E-state index in [9.17, 15) is 4.79 Å². The lowest BCUT2D eigenvalue weighted by Gasteiger charge is -2.00. The monoisotopic (exact) mass is 256 g/mol. The molecule has 0 saturated heterocycles. The second kappa shape index (κ2) is 4.24. The highest BCUT2D eigenvalue weighted by Gasteiger charge is 2.16. The van der Waals surface area contributed by atoms with E-state index in [0.29, 0.717) is 17.2 Å². The third-order valence-corrected chi connectivity index (χ3v) is 2.99. The smallest absolute Gasteiger partial charge is 0.341 e. The summed E-state index contributed by atoms with van der Waals surface area (Å²) in [6.07, 6.45) is 1.48. The fourth-order valence-electron chi connectivity index (χ4n) is 1.97. The van der Waals surface area contributed by atoms with Crippen molar-refractivity contribution in [2.75, 3.05) is 7.11 Å². The number of rotatable bonds is 2. The molecule has 0 atom stereocenters. The van der Waals surface area contributed by atoms with Crippen LogP contribution >= 0.6 is 0 Å². The lowest BCUT2D eigenvalue weighted by molar-refractivity contribution is 0.0600. The zero-order chi connectivity index (χ0) is 13.4. The number of nitrogens with one attached hydrogen (secondary N) is 1. The molecule has 3 rings (SSSR count). The largest absolute Gasteiger partial charge is 0.465 e. The van der Waals surface area contributed by atoms with Gasteiger partial charge in [-0.15, -0.1) is 0 Å². The summed E-state index contributed by atoms with van der Waals surface area (Å²) >= 11 is 0. The fraction of sp³-hybridized carbons (Fsp3) is 0.154. The Balaban J connectivity index is 2.11. The van der Waals surface area contributed by atoms with Crippen LogP contribution in [0.5, 0.6) is 0 Å². The quantitative estimate of drug-likeness (QED) is 0.710. The number of fused-ring (bicyclic) bond motifs is 1. The molecule has 1 N–H and O–H groups in total. The molecule has 2 heterocycles. The van der Waals surface area contributed by atoms with Crippen molar-refractivity contribution in [2.24, 2.45) is 0 Å². The summed E-state index contributed by atoms with van der Waals surface area (Å²) in [5.74, 6) is 0.175. The molecule has 0 aliphatic rings. The molecular formula is C13H12N4O2. The molecule has 0 aliphatic carbocycles. The van der Waals surface area contributed by atoms with E-state index in [2.05, 4.69) is 15.1 Å². The standard InChI is InChI=1S/C13H12N4O2/c1-8-9(12(18)19-2)7-14-17(8)13-15-10-5-3-4-6-11(10)16-13/h3-7H,1-2H3,(H,15,16). The molecule has 0 radical (unpaired) electrons. The van der Waals surface area contributed by atoms with Crippen LogP contribution in [0.2, 0.25) is 0 Å². The van der Waals surface area contributed by atoms with Gasteiger partial charge >= 0.3 is 5.97 Å². The van der Waals surface area contributed by atoms with E-state index in [1.54, 1.807) is 11.6 Å². The first kappa shape index (κ1) is 11.5. The number of H-pyrrole nitrogens is 1. The predicted octanol–water partition coefficient (Wildman–Crippen LogP) is 1.84. The molecule has 0 spiro atoms. The predicted molar refractivity (Wildman–Crippen MR) is 69.3 cm³/mol. The highest BCUT2D eigenvalue weighted by atomic mass is 16.5. The van der Waals surface area contributed by atoms with Gasteiger partial charge in [0.05, 0.1) is 30.0 Å². The Labute approximate surface area is 109 Å². The number of methoxy groups -OCH3 is 1. The maximum absolute atomic E-state index is 11.5. The normalized spacial score (nSPS) is 10.8. The zero-order valence-corrected chi connectivity index (χ0v) is 10.5. The number of hydrogen-bond acceptors (Lipinski definition) is 4. The Bertz CT molecular complexity index is 724. The van der Waals surface area contributed by atoms with Crippen molar-refractivity contribution in [2.45, 2.75) is 6.92 Å². The number of esters is 1. The lowest BCUT2D eigenvalue weighted by Crippen LogP contribution is -2.05. The van der Waals surface area contributed by atoms with Crippen LogP contribution in [0, 0.1) is 6.92 Å². The molecule has 0 fully saturated rings. The van der Waals surface area contributed by atoms with E-state index in [1.807, 2.05) is 24.3 Å². The number of aromatic nitrogens is 4. The number of ether oxygens (including phenoxy) is 1. The van der Waals surface area contributed by atoms with E-state index < -0.39 is 5.97 Å². The summed E-state index contributed by atoms with van der Waals surface area (Å²) in [7, 11) is 1.35. The van der Waals surface area contributed by atoms with E-state index in [-0.39, 0.29) is 0 Å². The number of para-hydroxylation sites is 2. The first-order chi connectivity index (χ1) is 9.20. The second-order valence-corrected chi connectivity index (χ2v) is 4.12. The summed E-state index contributed by atoms with van der Waals surface area (Å²) in [5.41, 5.74) is 2.90. The van der Waals surface area contributed by atoms with Gasteiger partial charge < -0.3 is 9.72 Å².